The third kappa shape index (κ3) is 2.16. The maximum absolute atomic E-state index is 13.3. The lowest BCUT2D eigenvalue weighted by atomic mass is 10.0. The van der Waals surface area contributed by atoms with Gasteiger partial charge in [0.05, 0.1) is 14.2 Å². The van der Waals surface area contributed by atoms with Crippen LogP contribution in [0.4, 0.5) is 4.39 Å². The molecule has 2 rings (SSSR count). The number of halogens is 1. The SMILES string of the molecule is COc1cccc(-c2ccc(F)c(C)c2)c1OC. The predicted molar refractivity (Wildman–Crippen MR) is 69.7 cm³/mol. The van der Waals surface area contributed by atoms with Crippen LogP contribution in [-0.2, 0) is 0 Å². The molecule has 0 radical (unpaired) electrons. The third-order valence-electron chi connectivity index (χ3n) is 2.87. The smallest absolute Gasteiger partial charge is 0.168 e. The average molecular weight is 246 g/mol. The van der Waals surface area contributed by atoms with Crippen LogP contribution >= 0.6 is 0 Å². The molecule has 2 aromatic carbocycles. The van der Waals surface area contributed by atoms with Gasteiger partial charge in [0.2, 0.25) is 0 Å². The molecule has 0 bridgehead atoms. The fourth-order valence-corrected chi connectivity index (χ4v) is 1.93. The van der Waals surface area contributed by atoms with Gasteiger partial charge in [-0.15, -0.1) is 0 Å². The Morgan fingerprint density at radius 1 is 1.00 bits per heavy atom. The normalized spacial score (nSPS) is 10.2. The second-order valence-corrected chi connectivity index (χ2v) is 4.01. The lowest BCUT2D eigenvalue weighted by molar-refractivity contribution is 0.356. The fraction of sp³-hybridized carbons (Fsp3) is 0.200. The summed E-state index contributed by atoms with van der Waals surface area (Å²) in [5, 5.41) is 0. The van der Waals surface area contributed by atoms with E-state index in [1.165, 1.54) is 6.07 Å². The minimum atomic E-state index is -0.208. The van der Waals surface area contributed by atoms with Gasteiger partial charge in [-0.3, -0.25) is 0 Å². The van der Waals surface area contributed by atoms with E-state index in [0.717, 1.165) is 11.1 Å². The van der Waals surface area contributed by atoms with E-state index in [4.69, 9.17) is 9.47 Å². The molecule has 0 spiro atoms. The molecule has 0 unspecified atom stereocenters. The van der Waals surface area contributed by atoms with Gasteiger partial charge in [0, 0.05) is 5.56 Å². The zero-order valence-electron chi connectivity index (χ0n) is 10.7. The minimum absolute atomic E-state index is 0.208. The van der Waals surface area contributed by atoms with E-state index in [9.17, 15) is 4.39 Å². The second-order valence-electron chi connectivity index (χ2n) is 4.01. The van der Waals surface area contributed by atoms with E-state index in [1.807, 2.05) is 18.2 Å². The van der Waals surface area contributed by atoms with E-state index in [2.05, 4.69) is 0 Å². The van der Waals surface area contributed by atoms with E-state index < -0.39 is 0 Å². The van der Waals surface area contributed by atoms with Crippen molar-refractivity contribution in [3.8, 4) is 22.6 Å². The minimum Gasteiger partial charge on any atom is -0.493 e. The van der Waals surface area contributed by atoms with Gasteiger partial charge in [-0.2, -0.15) is 0 Å². The van der Waals surface area contributed by atoms with Crippen LogP contribution < -0.4 is 9.47 Å². The van der Waals surface area contributed by atoms with Gasteiger partial charge < -0.3 is 9.47 Å². The maximum Gasteiger partial charge on any atom is 0.168 e. The predicted octanol–water partition coefficient (Wildman–Crippen LogP) is 3.82. The van der Waals surface area contributed by atoms with Crippen molar-refractivity contribution < 1.29 is 13.9 Å². The van der Waals surface area contributed by atoms with Crippen LogP contribution in [0, 0.1) is 12.7 Å². The monoisotopic (exact) mass is 246 g/mol. The van der Waals surface area contributed by atoms with Crippen LogP contribution in [-0.4, -0.2) is 14.2 Å². The number of para-hydroxylation sites is 1. The summed E-state index contributed by atoms with van der Waals surface area (Å²) < 4.78 is 23.9. The largest absolute Gasteiger partial charge is 0.493 e. The molecule has 0 aliphatic carbocycles. The molecule has 3 heteroatoms. The second kappa shape index (κ2) is 5.08. The summed E-state index contributed by atoms with van der Waals surface area (Å²) in [5.41, 5.74) is 2.40. The molecule has 0 aromatic heterocycles. The topological polar surface area (TPSA) is 18.5 Å². The maximum atomic E-state index is 13.3. The summed E-state index contributed by atoms with van der Waals surface area (Å²) in [5.74, 6) is 1.11. The summed E-state index contributed by atoms with van der Waals surface area (Å²) in [6.07, 6.45) is 0. The van der Waals surface area contributed by atoms with Gasteiger partial charge in [-0.05, 0) is 36.2 Å². The van der Waals surface area contributed by atoms with Gasteiger partial charge in [0.25, 0.3) is 0 Å². The lowest BCUT2D eigenvalue weighted by Gasteiger charge is -2.13. The van der Waals surface area contributed by atoms with E-state index in [-0.39, 0.29) is 5.82 Å². The Hall–Kier alpha value is -2.03. The van der Waals surface area contributed by atoms with Crippen molar-refractivity contribution in [3.63, 3.8) is 0 Å². The summed E-state index contributed by atoms with van der Waals surface area (Å²) >= 11 is 0. The van der Waals surface area contributed by atoms with E-state index in [1.54, 1.807) is 33.3 Å². The Labute approximate surface area is 106 Å². The highest BCUT2D eigenvalue weighted by Gasteiger charge is 2.11. The van der Waals surface area contributed by atoms with Crippen molar-refractivity contribution >= 4 is 0 Å². The van der Waals surface area contributed by atoms with E-state index in [0.29, 0.717) is 17.1 Å². The van der Waals surface area contributed by atoms with E-state index >= 15 is 0 Å². The Kier molecular flexibility index (Phi) is 3.51. The molecule has 94 valence electrons. The molecule has 0 saturated carbocycles. The van der Waals surface area contributed by atoms with Crippen LogP contribution in [0.5, 0.6) is 11.5 Å². The highest BCUT2D eigenvalue weighted by Crippen LogP contribution is 2.38. The first-order valence-corrected chi connectivity index (χ1v) is 5.65. The quantitative estimate of drug-likeness (QED) is 0.819. The van der Waals surface area contributed by atoms with Crippen LogP contribution in [0.1, 0.15) is 5.56 Å². The van der Waals surface area contributed by atoms with Crippen molar-refractivity contribution in [3.05, 3.63) is 47.8 Å². The Morgan fingerprint density at radius 3 is 2.39 bits per heavy atom. The van der Waals surface area contributed by atoms with Gasteiger partial charge >= 0.3 is 0 Å². The van der Waals surface area contributed by atoms with Crippen LogP contribution in [0.3, 0.4) is 0 Å². The van der Waals surface area contributed by atoms with Crippen molar-refractivity contribution in [2.75, 3.05) is 14.2 Å². The molecule has 0 fully saturated rings. The number of hydrogen-bond acceptors (Lipinski definition) is 2. The fourth-order valence-electron chi connectivity index (χ4n) is 1.93. The first-order chi connectivity index (χ1) is 8.67. The Balaban J connectivity index is 2.59. The first kappa shape index (κ1) is 12.4. The van der Waals surface area contributed by atoms with Crippen LogP contribution in [0.15, 0.2) is 36.4 Å². The molecule has 0 amide bonds. The van der Waals surface area contributed by atoms with Gasteiger partial charge in [-0.1, -0.05) is 18.2 Å². The number of ether oxygens (including phenoxy) is 2. The van der Waals surface area contributed by atoms with Gasteiger partial charge in [0.1, 0.15) is 5.82 Å². The van der Waals surface area contributed by atoms with Crippen molar-refractivity contribution in [2.45, 2.75) is 6.92 Å². The molecule has 0 heterocycles. The highest BCUT2D eigenvalue weighted by atomic mass is 19.1. The molecule has 0 atom stereocenters. The third-order valence-corrected chi connectivity index (χ3v) is 2.87. The lowest BCUT2D eigenvalue weighted by Crippen LogP contribution is -1.93. The molecule has 0 aliphatic heterocycles. The summed E-state index contributed by atoms with van der Waals surface area (Å²) in [7, 11) is 3.19. The number of aryl methyl sites for hydroxylation is 1. The van der Waals surface area contributed by atoms with Crippen molar-refractivity contribution in [2.24, 2.45) is 0 Å². The van der Waals surface area contributed by atoms with Gasteiger partial charge in [0.15, 0.2) is 11.5 Å². The summed E-state index contributed by atoms with van der Waals surface area (Å²) in [6.45, 7) is 1.74. The van der Waals surface area contributed by atoms with Crippen LogP contribution in [0.25, 0.3) is 11.1 Å². The highest BCUT2D eigenvalue weighted by molar-refractivity contribution is 5.74. The molecular weight excluding hydrogens is 231 g/mol. The first-order valence-electron chi connectivity index (χ1n) is 5.65. The Bertz CT molecular complexity index is 564. The number of rotatable bonds is 3. The number of methoxy groups -OCH3 is 2. The molecule has 0 aliphatic rings. The molecule has 18 heavy (non-hydrogen) atoms. The summed E-state index contributed by atoms with van der Waals surface area (Å²) in [6, 6.07) is 10.6. The molecule has 0 N–H and O–H groups in total. The zero-order chi connectivity index (χ0) is 13.1. The Morgan fingerprint density at radius 2 is 1.78 bits per heavy atom. The molecule has 2 aromatic rings. The standard InChI is InChI=1S/C15H15FO2/c1-10-9-11(7-8-13(10)16)12-5-4-6-14(17-2)15(12)18-3/h4-9H,1-3H3. The van der Waals surface area contributed by atoms with Crippen molar-refractivity contribution in [1.29, 1.82) is 0 Å². The number of benzene rings is 2. The number of hydrogen-bond donors (Lipinski definition) is 0. The van der Waals surface area contributed by atoms with Gasteiger partial charge in [-0.25, -0.2) is 4.39 Å². The molecule has 0 saturated heterocycles. The van der Waals surface area contributed by atoms with Crippen molar-refractivity contribution in [1.82, 2.24) is 0 Å². The summed E-state index contributed by atoms with van der Waals surface area (Å²) in [4.78, 5) is 0. The average Bonchev–Trinajstić information content (AvgIpc) is 2.40. The van der Waals surface area contributed by atoms with Crippen LogP contribution in [0.2, 0.25) is 0 Å². The molecule has 2 nitrogen and oxygen atoms in total. The molecular formula is C15H15FO2. The zero-order valence-corrected chi connectivity index (χ0v) is 10.7.